The highest BCUT2D eigenvalue weighted by Gasteiger charge is 2.25. The van der Waals surface area contributed by atoms with E-state index in [4.69, 9.17) is 4.74 Å². The van der Waals surface area contributed by atoms with Crippen LogP contribution in [0.4, 0.5) is 0 Å². The number of rotatable bonds is 5. The van der Waals surface area contributed by atoms with Gasteiger partial charge < -0.3 is 10.1 Å². The molecule has 0 aliphatic carbocycles. The number of morpholine rings is 1. The second kappa shape index (κ2) is 7.04. The summed E-state index contributed by atoms with van der Waals surface area (Å²) in [6.45, 7) is 8.28. The maximum absolute atomic E-state index is 5.44. The van der Waals surface area contributed by atoms with Crippen molar-refractivity contribution in [2.75, 3.05) is 33.4 Å². The molecule has 1 fully saturated rings. The maximum atomic E-state index is 5.44. The van der Waals surface area contributed by atoms with Crippen molar-refractivity contribution in [3.8, 4) is 0 Å². The van der Waals surface area contributed by atoms with Crippen LogP contribution < -0.4 is 5.32 Å². The minimum atomic E-state index is 0.379. The molecule has 0 saturated carbocycles. The second-order valence-corrected chi connectivity index (χ2v) is 5.25. The van der Waals surface area contributed by atoms with Gasteiger partial charge in [-0.2, -0.15) is 0 Å². The highest BCUT2D eigenvalue weighted by Crippen LogP contribution is 2.22. The molecule has 2 atom stereocenters. The first kappa shape index (κ1) is 14.5. The quantitative estimate of drug-likeness (QED) is 0.880. The molecule has 1 N–H and O–H groups in total. The van der Waals surface area contributed by atoms with E-state index in [0.717, 1.165) is 32.7 Å². The minimum Gasteiger partial charge on any atom is -0.379 e. The van der Waals surface area contributed by atoms with Crippen molar-refractivity contribution < 1.29 is 4.74 Å². The third-order valence-corrected chi connectivity index (χ3v) is 4.16. The highest BCUT2D eigenvalue weighted by atomic mass is 16.5. The van der Waals surface area contributed by atoms with Crippen molar-refractivity contribution in [3.63, 3.8) is 0 Å². The Hall–Kier alpha value is -0.900. The van der Waals surface area contributed by atoms with E-state index >= 15 is 0 Å². The summed E-state index contributed by atoms with van der Waals surface area (Å²) in [5.41, 5.74) is 2.77. The number of likely N-dealkylation sites (N-methyl/N-ethyl adjacent to an activating group) is 1. The summed E-state index contributed by atoms with van der Waals surface area (Å²) in [4.78, 5) is 2.51. The third kappa shape index (κ3) is 3.56. The number of nitrogens with zero attached hydrogens (tertiary/aromatic N) is 1. The molecular formula is C16H26N2O. The van der Waals surface area contributed by atoms with Crippen LogP contribution in [-0.4, -0.2) is 44.3 Å². The van der Waals surface area contributed by atoms with Gasteiger partial charge in [-0.05, 0) is 31.5 Å². The highest BCUT2D eigenvalue weighted by molar-refractivity contribution is 5.26. The summed E-state index contributed by atoms with van der Waals surface area (Å²) in [5, 5.41) is 3.47. The molecule has 106 valence electrons. The van der Waals surface area contributed by atoms with E-state index in [1.165, 1.54) is 11.1 Å². The topological polar surface area (TPSA) is 24.5 Å². The molecule has 3 nitrogen and oxygen atoms in total. The molecule has 1 aromatic rings. The van der Waals surface area contributed by atoms with Gasteiger partial charge >= 0.3 is 0 Å². The first-order valence-corrected chi connectivity index (χ1v) is 7.34. The molecule has 0 bridgehead atoms. The van der Waals surface area contributed by atoms with Gasteiger partial charge in [-0.25, -0.2) is 0 Å². The lowest BCUT2D eigenvalue weighted by Gasteiger charge is -2.37. The summed E-state index contributed by atoms with van der Waals surface area (Å²) in [5.74, 6) is 0. The SMILES string of the molecule is CCc1ccc(C(NC)C(C)N2CCOCC2)cc1. The molecule has 1 aliphatic heterocycles. The zero-order valence-electron chi connectivity index (χ0n) is 12.4. The van der Waals surface area contributed by atoms with Gasteiger partial charge in [0, 0.05) is 25.2 Å². The Morgan fingerprint density at radius 2 is 1.84 bits per heavy atom. The Morgan fingerprint density at radius 3 is 2.37 bits per heavy atom. The van der Waals surface area contributed by atoms with Crippen LogP contribution in [0.15, 0.2) is 24.3 Å². The van der Waals surface area contributed by atoms with E-state index in [1.54, 1.807) is 0 Å². The number of hydrogen-bond acceptors (Lipinski definition) is 3. The monoisotopic (exact) mass is 262 g/mol. The van der Waals surface area contributed by atoms with Gasteiger partial charge in [-0.3, -0.25) is 4.90 Å². The summed E-state index contributed by atoms with van der Waals surface area (Å²) in [6, 6.07) is 9.87. The first-order chi connectivity index (χ1) is 9.26. The van der Waals surface area contributed by atoms with Crippen LogP contribution in [-0.2, 0) is 11.2 Å². The van der Waals surface area contributed by atoms with Crippen LogP contribution in [0, 0.1) is 0 Å². The number of nitrogens with one attached hydrogen (secondary N) is 1. The molecule has 0 spiro atoms. The fourth-order valence-electron chi connectivity index (χ4n) is 2.84. The fraction of sp³-hybridized carbons (Fsp3) is 0.625. The van der Waals surface area contributed by atoms with E-state index < -0.39 is 0 Å². The Kier molecular flexibility index (Phi) is 5.37. The average Bonchev–Trinajstić information content (AvgIpc) is 2.49. The average molecular weight is 262 g/mol. The van der Waals surface area contributed by atoms with Gasteiger partial charge in [0.2, 0.25) is 0 Å². The van der Waals surface area contributed by atoms with E-state index in [1.807, 2.05) is 0 Å². The summed E-state index contributed by atoms with van der Waals surface area (Å²) < 4.78 is 5.44. The van der Waals surface area contributed by atoms with Crippen LogP contribution in [0.2, 0.25) is 0 Å². The third-order valence-electron chi connectivity index (χ3n) is 4.16. The fourth-order valence-corrected chi connectivity index (χ4v) is 2.84. The van der Waals surface area contributed by atoms with Crippen LogP contribution in [0.3, 0.4) is 0 Å². The number of aryl methyl sites for hydroxylation is 1. The molecule has 1 aliphatic rings. The van der Waals surface area contributed by atoms with E-state index in [2.05, 4.69) is 55.4 Å². The van der Waals surface area contributed by atoms with Crippen molar-refractivity contribution in [2.24, 2.45) is 0 Å². The van der Waals surface area contributed by atoms with Crippen molar-refractivity contribution in [2.45, 2.75) is 32.4 Å². The van der Waals surface area contributed by atoms with Crippen LogP contribution in [0.5, 0.6) is 0 Å². The lowest BCUT2D eigenvalue weighted by Crippen LogP contribution is -2.47. The zero-order chi connectivity index (χ0) is 13.7. The predicted octanol–water partition coefficient (Wildman–Crippen LogP) is 2.23. The van der Waals surface area contributed by atoms with Gasteiger partial charge in [0.15, 0.2) is 0 Å². The molecule has 3 heteroatoms. The van der Waals surface area contributed by atoms with E-state index in [9.17, 15) is 0 Å². The van der Waals surface area contributed by atoms with Crippen LogP contribution in [0.1, 0.15) is 31.0 Å². The van der Waals surface area contributed by atoms with Crippen molar-refractivity contribution in [1.29, 1.82) is 0 Å². The largest absolute Gasteiger partial charge is 0.379 e. The molecule has 1 aromatic carbocycles. The normalized spacial score (nSPS) is 20.2. The van der Waals surface area contributed by atoms with E-state index in [0.29, 0.717) is 12.1 Å². The Morgan fingerprint density at radius 1 is 1.21 bits per heavy atom. The summed E-state index contributed by atoms with van der Waals surface area (Å²) >= 11 is 0. The number of ether oxygens (including phenoxy) is 1. The first-order valence-electron chi connectivity index (χ1n) is 7.34. The van der Waals surface area contributed by atoms with E-state index in [-0.39, 0.29) is 0 Å². The second-order valence-electron chi connectivity index (χ2n) is 5.25. The standard InChI is InChI=1S/C16H26N2O/c1-4-14-5-7-15(8-6-14)16(17-3)13(2)18-9-11-19-12-10-18/h5-8,13,16-17H,4,9-12H2,1-3H3. The number of hydrogen-bond donors (Lipinski definition) is 1. The lowest BCUT2D eigenvalue weighted by molar-refractivity contribution is 0.0126. The van der Waals surface area contributed by atoms with Gasteiger partial charge in [0.25, 0.3) is 0 Å². The lowest BCUT2D eigenvalue weighted by atomic mass is 9.97. The minimum absolute atomic E-state index is 0.379. The Bertz CT molecular complexity index is 371. The molecule has 1 saturated heterocycles. The molecule has 2 rings (SSSR count). The Balaban J connectivity index is 2.08. The van der Waals surface area contributed by atoms with Gasteiger partial charge in [-0.15, -0.1) is 0 Å². The summed E-state index contributed by atoms with van der Waals surface area (Å²) in [6.07, 6.45) is 1.10. The molecule has 19 heavy (non-hydrogen) atoms. The predicted molar refractivity (Wildman–Crippen MR) is 79.5 cm³/mol. The van der Waals surface area contributed by atoms with Crippen LogP contribution in [0.25, 0.3) is 0 Å². The van der Waals surface area contributed by atoms with Gasteiger partial charge in [0.1, 0.15) is 0 Å². The molecule has 0 radical (unpaired) electrons. The maximum Gasteiger partial charge on any atom is 0.0594 e. The smallest absolute Gasteiger partial charge is 0.0594 e. The molecule has 0 aromatic heterocycles. The number of benzene rings is 1. The van der Waals surface area contributed by atoms with Crippen molar-refractivity contribution >= 4 is 0 Å². The van der Waals surface area contributed by atoms with Crippen LogP contribution >= 0.6 is 0 Å². The molecule has 0 amide bonds. The van der Waals surface area contributed by atoms with Gasteiger partial charge in [-0.1, -0.05) is 31.2 Å². The summed E-state index contributed by atoms with van der Waals surface area (Å²) in [7, 11) is 2.05. The zero-order valence-corrected chi connectivity index (χ0v) is 12.4. The Labute approximate surface area is 116 Å². The molecule has 2 unspecified atom stereocenters. The molecule has 1 heterocycles. The molecular weight excluding hydrogens is 236 g/mol. The van der Waals surface area contributed by atoms with Crippen molar-refractivity contribution in [1.82, 2.24) is 10.2 Å². The van der Waals surface area contributed by atoms with Crippen molar-refractivity contribution in [3.05, 3.63) is 35.4 Å². The van der Waals surface area contributed by atoms with Gasteiger partial charge in [0.05, 0.1) is 13.2 Å².